The normalized spacial score (nSPS) is 20.9. The Kier molecular flexibility index (Phi) is 6.57. The van der Waals surface area contributed by atoms with E-state index in [9.17, 15) is 4.79 Å². The number of piperazine rings is 1. The number of ether oxygens (including phenoxy) is 1. The third-order valence-corrected chi connectivity index (χ3v) is 7.34. The molecule has 2 heterocycles. The van der Waals surface area contributed by atoms with E-state index in [2.05, 4.69) is 34.2 Å². The molecule has 5 rings (SSSR count). The predicted molar refractivity (Wildman–Crippen MR) is 138 cm³/mol. The van der Waals surface area contributed by atoms with Crippen LogP contribution in [0.1, 0.15) is 43.0 Å². The number of carbonyl (C=O) groups excluding carboxylic acids is 1. The van der Waals surface area contributed by atoms with E-state index < -0.39 is 0 Å². The van der Waals surface area contributed by atoms with E-state index in [1.165, 1.54) is 18.5 Å². The summed E-state index contributed by atoms with van der Waals surface area (Å²) < 4.78 is 5.28. The summed E-state index contributed by atoms with van der Waals surface area (Å²) in [6.45, 7) is 5.83. The first-order valence-corrected chi connectivity index (χ1v) is 12.5. The Bertz CT molecular complexity index is 1130. The molecule has 1 aliphatic heterocycles. The van der Waals surface area contributed by atoms with E-state index in [-0.39, 0.29) is 11.9 Å². The summed E-state index contributed by atoms with van der Waals surface area (Å²) in [5.41, 5.74) is 2.81. The minimum Gasteiger partial charge on any atom is -0.497 e. The zero-order valence-corrected chi connectivity index (χ0v) is 20.2. The quantitative estimate of drug-likeness (QED) is 0.591. The van der Waals surface area contributed by atoms with Crippen LogP contribution < -0.4 is 19.9 Å². The van der Waals surface area contributed by atoms with Gasteiger partial charge in [-0.05, 0) is 68.0 Å². The standard InChI is InChI=1S/C28H34N4O2/c1-20-7-9-21(10-8-20)29-28(33)25-19-27(30-26-6-4-3-5-24(25)26)32-17-15-31(16-18-32)22-11-13-23(34-2)14-12-22/h3-6,11-14,19-21H,7-10,15-18H2,1-2H3,(H,29,33). The fourth-order valence-electron chi connectivity index (χ4n) is 5.17. The van der Waals surface area contributed by atoms with Crippen LogP contribution in [0.2, 0.25) is 0 Å². The summed E-state index contributed by atoms with van der Waals surface area (Å²) in [5, 5.41) is 4.23. The van der Waals surface area contributed by atoms with Gasteiger partial charge in [0.15, 0.2) is 0 Å². The van der Waals surface area contributed by atoms with E-state index in [1.54, 1.807) is 7.11 Å². The molecular formula is C28H34N4O2. The van der Waals surface area contributed by atoms with Crippen molar-refractivity contribution < 1.29 is 9.53 Å². The average molecular weight is 459 g/mol. The van der Waals surface area contributed by atoms with Gasteiger partial charge in [0.25, 0.3) is 5.91 Å². The molecule has 0 bridgehead atoms. The van der Waals surface area contributed by atoms with Crippen LogP contribution >= 0.6 is 0 Å². The number of hydrogen-bond acceptors (Lipinski definition) is 5. The number of methoxy groups -OCH3 is 1. The van der Waals surface area contributed by atoms with Crippen LogP contribution in [0, 0.1) is 5.92 Å². The Morgan fingerprint density at radius 3 is 2.32 bits per heavy atom. The van der Waals surface area contributed by atoms with Crippen LogP contribution in [0.15, 0.2) is 54.6 Å². The molecule has 178 valence electrons. The van der Waals surface area contributed by atoms with Crippen LogP contribution in [0.3, 0.4) is 0 Å². The molecule has 1 saturated carbocycles. The van der Waals surface area contributed by atoms with Crippen molar-refractivity contribution in [3.05, 3.63) is 60.2 Å². The molecule has 2 aromatic carbocycles. The van der Waals surface area contributed by atoms with Crippen LogP contribution in [-0.4, -0.2) is 50.2 Å². The van der Waals surface area contributed by atoms with Gasteiger partial charge in [-0.15, -0.1) is 0 Å². The first-order chi connectivity index (χ1) is 16.6. The summed E-state index contributed by atoms with van der Waals surface area (Å²) >= 11 is 0. The topological polar surface area (TPSA) is 57.7 Å². The van der Waals surface area contributed by atoms with Gasteiger partial charge < -0.3 is 19.9 Å². The second kappa shape index (κ2) is 9.92. The highest BCUT2D eigenvalue weighted by molar-refractivity contribution is 6.07. The number of benzene rings is 2. The number of hydrogen-bond donors (Lipinski definition) is 1. The number of pyridine rings is 1. The molecule has 0 atom stereocenters. The summed E-state index contributed by atoms with van der Waals surface area (Å²) in [6.07, 6.45) is 4.50. The predicted octanol–water partition coefficient (Wildman–Crippen LogP) is 4.88. The molecule has 34 heavy (non-hydrogen) atoms. The third kappa shape index (κ3) is 4.81. The van der Waals surface area contributed by atoms with Crippen LogP contribution in [0.25, 0.3) is 10.9 Å². The lowest BCUT2D eigenvalue weighted by Gasteiger charge is -2.37. The van der Waals surface area contributed by atoms with Gasteiger partial charge in [0.05, 0.1) is 18.2 Å². The molecule has 1 aliphatic carbocycles. The third-order valence-electron chi connectivity index (χ3n) is 7.34. The van der Waals surface area contributed by atoms with Gasteiger partial charge in [-0.3, -0.25) is 4.79 Å². The number of nitrogens with zero attached hydrogens (tertiary/aromatic N) is 3. The largest absolute Gasteiger partial charge is 0.497 e. The second-order valence-electron chi connectivity index (χ2n) is 9.65. The molecule has 1 amide bonds. The van der Waals surface area contributed by atoms with Crippen molar-refractivity contribution in [1.29, 1.82) is 0 Å². The molecule has 0 spiro atoms. The van der Waals surface area contributed by atoms with Crippen molar-refractivity contribution >= 4 is 28.3 Å². The van der Waals surface area contributed by atoms with Gasteiger partial charge in [0, 0.05) is 43.3 Å². The lowest BCUT2D eigenvalue weighted by molar-refractivity contribution is 0.0924. The first kappa shape index (κ1) is 22.5. The number of rotatable bonds is 5. The molecular weight excluding hydrogens is 424 g/mol. The number of aromatic nitrogens is 1. The smallest absolute Gasteiger partial charge is 0.252 e. The number of nitrogens with one attached hydrogen (secondary N) is 1. The van der Waals surface area contributed by atoms with Gasteiger partial charge >= 0.3 is 0 Å². The molecule has 6 heteroatoms. The maximum absolute atomic E-state index is 13.4. The molecule has 2 aliphatic rings. The first-order valence-electron chi connectivity index (χ1n) is 12.5. The van der Waals surface area contributed by atoms with Gasteiger partial charge in [-0.2, -0.15) is 0 Å². The number of fused-ring (bicyclic) bond motifs is 1. The summed E-state index contributed by atoms with van der Waals surface area (Å²) in [6, 6.07) is 18.5. The zero-order chi connectivity index (χ0) is 23.5. The van der Waals surface area contributed by atoms with Crippen LogP contribution in [0.4, 0.5) is 11.5 Å². The highest BCUT2D eigenvalue weighted by Crippen LogP contribution is 2.27. The Labute approximate surface area is 201 Å². The zero-order valence-electron chi connectivity index (χ0n) is 20.2. The highest BCUT2D eigenvalue weighted by Gasteiger charge is 2.24. The average Bonchev–Trinajstić information content (AvgIpc) is 2.89. The number of amides is 1. The van der Waals surface area contributed by atoms with E-state index in [0.717, 1.165) is 73.0 Å². The van der Waals surface area contributed by atoms with E-state index in [1.807, 2.05) is 42.5 Å². The molecule has 0 radical (unpaired) electrons. The maximum atomic E-state index is 13.4. The summed E-state index contributed by atoms with van der Waals surface area (Å²) in [7, 11) is 1.69. The second-order valence-corrected chi connectivity index (χ2v) is 9.65. The van der Waals surface area contributed by atoms with Crippen molar-refractivity contribution in [3.8, 4) is 5.75 Å². The van der Waals surface area contributed by atoms with Gasteiger partial charge in [-0.25, -0.2) is 4.98 Å². The maximum Gasteiger partial charge on any atom is 0.252 e. The molecule has 3 aromatic rings. The Morgan fingerprint density at radius 2 is 1.62 bits per heavy atom. The molecule has 2 fully saturated rings. The van der Waals surface area contributed by atoms with Gasteiger partial charge in [0.2, 0.25) is 0 Å². The number of carbonyl (C=O) groups is 1. The van der Waals surface area contributed by atoms with E-state index in [0.29, 0.717) is 0 Å². The van der Waals surface area contributed by atoms with Crippen LogP contribution in [0.5, 0.6) is 5.75 Å². The number of para-hydroxylation sites is 1. The highest BCUT2D eigenvalue weighted by atomic mass is 16.5. The Morgan fingerprint density at radius 1 is 0.941 bits per heavy atom. The van der Waals surface area contributed by atoms with E-state index in [4.69, 9.17) is 9.72 Å². The lowest BCUT2D eigenvalue weighted by Crippen LogP contribution is -2.47. The summed E-state index contributed by atoms with van der Waals surface area (Å²) in [5.74, 6) is 2.54. The van der Waals surface area contributed by atoms with Crippen molar-refractivity contribution in [2.24, 2.45) is 5.92 Å². The van der Waals surface area contributed by atoms with Gasteiger partial charge in [0.1, 0.15) is 11.6 Å². The van der Waals surface area contributed by atoms with Crippen molar-refractivity contribution in [1.82, 2.24) is 10.3 Å². The molecule has 6 nitrogen and oxygen atoms in total. The lowest BCUT2D eigenvalue weighted by atomic mass is 9.87. The molecule has 1 aromatic heterocycles. The van der Waals surface area contributed by atoms with Crippen molar-refractivity contribution in [3.63, 3.8) is 0 Å². The monoisotopic (exact) mass is 458 g/mol. The SMILES string of the molecule is COc1ccc(N2CCN(c3cc(C(=O)NC4CCC(C)CC4)c4ccccc4n3)CC2)cc1. The Balaban J connectivity index is 1.33. The number of anilines is 2. The molecule has 1 saturated heterocycles. The van der Waals surface area contributed by atoms with Crippen molar-refractivity contribution in [2.75, 3.05) is 43.1 Å². The summed E-state index contributed by atoms with van der Waals surface area (Å²) in [4.78, 5) is 23.0. The Hall–Kier alpha value is -3.28. The van der Waals surface area contributed by atoms with E-state index >= 15 is 0 Å². The van der Waals surface area contributed by atoms with Crippen LogP contribution in [-0.2, 0) is 0 Å². The fourth-order valence-corrected chi connectivity index (χ4v) is 5.17. The van der Waals surface area contributed by atoms with Gasteiger partial charge in [-0.1, -0.05) is 25.1 Å². The fraction of sp³-hybridized carbons (Fsp3) is 0.429. The van der Waals surface area contributed by atoms with Crippen molar-refractivity contribution in [2.45, 2.75) is 38.6 Å². The molecule has 0 unspecified atom stereocenters. The minimum atomic E-state index is 0.0243. The minimum absolute atomic E-state index is 0.0243. The molecule has 1 N–H and O–H groups in total.